The van der Waals surface area contributed by atoms with Crippen molar-refractivity contribution < 1.29 is 4.79 Å². The number of hydrogen-bond acceptors (Lipinski definition) is 3. The first-order chi connectivity index (χ1) is 9.13. The number of carbonyl (C=O) groups is 1. The fourth-order valence-electron chi connectivity index (χ4n) is 1.79. The van der Waals surface area contributed by atoms with E-state index in [9.17, 15) is 4.79 Å². The summed E-state index contributed by atoms with van der Waals surface area (Å²) in [6.45, 7) is 4.17. The van der Waals surface area contributed by atoms with E-state index >= 15 is 0 Å². The van der Waals surface area contributed by atoms with Crippen molar-refractivity contribution in [3.05, 3.63) is 35.9 Å². The van der Waals surface area contributed by atoms with Gasteiger partial charge in [-0.3, -0.25) is 4.79 Å². The zero-order valence-corrected chi connectivity index (χ0v) is 13.8. The number of amides is 1. The Morgan fingerprint density at radius 1 is 1.35 bits per heavy atom. The lowest BCUT2D eigenvalue weighted by Gasteiger charge is -2.17. The molecule has 0 aliphatic rings. The summed E-state index contributed by atoms with van der Waals surface area (Å²) in [6, 6.07) is 9.60. The van der Waals surface area contributed by atoms with Crippen molar-refractivity contribution in [2.24, 2.45) is 5.73 Å². The van der Waals surface area contributed by atoms with Crippen molar-refractivity contribution >= 4 is 30.1 Å². The second kappa shape index (κ2) is 11.0. The highest BCUT2D eigenvalue weighted by Crippen LogP contribution is 2.05. The van der Waals surface area contributed by atoms with E-state index in [1.54, 1.807) is 0 Å². The summed E-state index contributed by atoms with van der Waals surface area (Å²) in [5.74, 6) is 2.14. The van der Waals surface area contributed by atoms with Crippen molar-refractivity contribution in [2.75, 3.05) is 11.5 Å². The number of nitrogens with two attached hydrogens (primary N) is 1. The predicted molar refractivity (Wildman–Crippen MR) is 90.6 cm³/mol. The van der Waals surface area contributed by atoms with Crippen molar-refractivity contribution in [2.45, 2.75) is 38.8 Å². The fourth-order valence-corrected chi connectivity index (χ4v) is 2.60. The highest BCUT2D eigenvalue weighted by Gasteiger charge is 2.15. The van der Waals surface area contributed by atoms with Gasteiger partial charge in [-0.2, -0.15) is 11.8 Å². The third-order valence-corrected chi connectivity index (χ3v) is 3.86. The largest absolute Gasteiger partial charge is 0.352 e. The molecule has 1 amide bonds. The van der Waals surface area contributed by atoms with Crippen LogP contribution in [0.1, 0.15) is 25.8 Å². The van der Waals surface area contributed by atoms with Gasteiger partial charge >= 0.3 is 0 Å². The van der Waals surface area contributed by atoms with Gasteiger partial charge < -0.3 is 11.1 Å². The maximum atomic E-state index is 11.9. The van der Waals surface area contributed by atoms with Gasteiger partial charge in [-0.1, -0.05) is 37.3 Å². The number of nitrogens with one attached hydrogen (secondary N) is 1. The van der Waals surface area contributed by atoms with E-state index in [0.717, 1.165) is 23.5 Å². The predicted octanol–water partition coefficient (Wildman–Crippen LogP) is 2.63. The minimum absolute atomic E-state index is 0. The lowest BCUT2D eigenvalue weighted by molar-refractivity contribution is -0.122. The second-order valence-corrected chi connectivity index (χ2v) is 6.09. The first-order valence-electron chi connectivity index (χ1n) is 6.81. The number of hydrogen-bond donors (Lipinski definition) is 2. The molecular weight excluding hydrogens is 292 g/mol. The number of rotatable bonds is 8. The lowest BCUT2D eigenvalue weighted by atomic mass is 10.1. The monoisotopic (exact) mass is 316 g/mol. The molecule has 20 heavy (non-hydrogen) atoms. The van der Waals surface area contributed by atoms with Gasteiger partial charge in [-0.25, -0.2) is 0 Å². The SMILES string of the molecule is CCSCCC(C)NC(=O)[C@@H](N)Cc1ccccc1.Cl. The average Bonchev–Trinajstić information content (AvgIpc) is 2.40. The Balaban J connectivity index is 0.00000361. The quantitative estimate of drug-likeness (QED) is 0.725. The number of halogens is 1. The fraction of sp³-hybridized carbons (Fsp3) is 0.533. The zero-order chi connectivity index (χ0) is 14.1. The van der Waals surface area contributed by atoms with Gasteiger partial charge in [0.1, 0.15) is 0 Å². The van der Waals surface area contributed by atoms with Crippen molar-refractivity contribution in [3.63, 3.8) is 0 Å². The molecule has 1 aromatic rings. The molecule has 0 aliphatic carbocycles. The standard InChI is InChI=1S/C15H24N2OS.ClH/c1-3-19-10-9-12(2)17-15(18)14(16)11-13-7-5-4-6-8-13;/h4-8,12,14H,3,9-11,16H2,1-2H3,(H,17,18);1H/t12?,14-;/m0./s1. The van der Waals surface area contributed by atoms with Gasteiger partial charge in [-0.05, 0) is 36.8 Å². The molecule has 5 heteroatoms. The van der Waals surface area contributed by atoms with Crippen LogP contribution in [0.25, 0.3) is 0 Å². The van der Waals surface area contributed by atoms with Crippen LogP contribution in [0, 0.1) is 0 Å². The smallest absolute Gasteiger partial charge is 0.237 e. The van der Waals surface area contributed by atoms with E-state index in [2.05, 4.69) is 12.2 Å². The lowest BCUT2D eigenvalue weighted by Crippen LogP contribution is -2.45. The molecular formula is C15H25ClN2OS. The number of thioether (sulfide) groups is 1. The third kappa shape index (κ3) is 7.78. The molecule has 1 rings (SSSR count). The molecule has 2 atom stereocenters. The maximum Gasteiger partial charge on any atom is 0.237 e. The van der Waals surface area contributed by atoms with Gasteiger partial charge in [0, 0.05) is 6.04 Å². The maximum absolute atomic E-state index is 11.9. The Morgan fingerprint density at radius 3 is 2.60 bits per heavy atom. The van der Waals surface area contributed by atoms with Crippen LogP contribution in [0.5, 0.6) is 0 Å². The van der Waals surface area contributed by atoms with Crippen LogP contribution in [0.3, 0.4) is 0 Å². The Hall–Kier alpha value is -0.710. The summed E-state index contributed by atoms with van der Waals surface area (Å²) < 4.78 is 0. The van der Waals surface area contributed by atoms with Crippen molar-refractivity contribution in [3.8, 4) is 0 Å². The molecule has 0 fully saturated rings. The van der Waals surface area contributed by atoms with E-state index in [1.807, 2.05) is 49.0 Å². The molecule has 0 spiro atoms. The van der Waals surface area contributed by atoms with Crippen LogP contribution in [-0.2, 0) is 11.2 Å². The van der Waals surface area contributed by atoms with E-state index in [0.29, 0.717) is 6.42 Å². The molecule has 0 heterocycles. The first-order valence-corrected chi connectivity index (χ1v) is 7.96. The van der Waals surface area contributed by atoms with Crippen molar-refractivity contribution in [1.29, 1.82) is 0 Å². The van der Waals surface area contributed by atoms with Crippen LogP contribution >= 0.6 is 24.2 Å². The van der Waals surface area contributed by atoms with E-state index in [-0.39, 0.29) is 24.4 Å². The third-order valence-electron chi connectivity index (χ3n) is 2.92. The van der Waals surface area contributed by atoms with Gasteiger partial charge in [0.15, 0.2) is 0 Å². The summed E-state index contributed by atoms with van der Waals surface area (Å²) in [5.41, 5.74) is 7.03. The van der Waals surface area contributed by atoms with Gasteiger partial charge in [0.05, 0.1) is 6.04 Å². The Kier molecular flexibility index (Phi) is 10.6. The number of benzene rings is 1. The molecule has 0 saturated carbocycles. The highest BCUT2D eigenvalue weighted by atomic mass is 35.5. The molecule has 0 bridgehead atoms. The molecule has 0 aromatic heterocycles. The first kappa shape index (κ1) is 19.3. The van der Waals surface area contributed by atoms with E-state index in [4.69, 9.17) is 5.73 Å². The van der Waals surface area contributed by atoms with Crippen LogP contribution in [0.15, 0.2) is 30.3 Å². The van der Waals surface area contributed by atoms with E-state index in [1.165, 1.54) is 0 Å². The van der Waals surface area contributed by atoms with Gasteiger partial charge in [-0.15, -0.1) is 12.4 Å². The molecule has 0 aliphatic heterocycles. The minimum Gasteiger partial charge on any atom is -0.352 e. The van der Waals surface area contributed by atoms with Crippen LogP contribution in [0.2, 0.25) is 0 Å². The van der Waals surface area contributed by atoms with Crippen LogP contribution in [0.4, 0.5) is 0 Å². The van der Waals surface area contributed by atoms with Gasteiger partial charge in [0.2, 0.25) is 5.91 Å². The van der Waals surface area contributed by atoms with Gasteiger partial charge in [0.25, 0.3) is 0 Å². The molecule has 3 N–H and O–H groups in total. The minimum atomic E-state index is -0.469. The molecule has 1 unspecified atom stereocenters. The molecule has 3 nitrogen and oxygen atoms in total. The topological polar surface area (TPSA) is 55.1 Å². The summed E-state index contributed by atoms with van der Waals surface area (Å²) in [6.07, 6.45) is 1.57. The van der Waals surface area contributed by atoms with Crippen LogP contribution in [-0.4, -0.2) is 29.5 Å². The number of carbonyl (C=O) groups excluding carboxylic acids is 1. The second-order valence-electron chi connectivity index (χ2n) is 4.69. The summed E-state index contributed by atoms with van der Waals surface area (Å²) in [5, 5.41) is 2.98. The van der Waals surface area contributed by atoms with E-state index < -0.39 is 6.04 Å². The summed E-state index contributed by atoms with van der Waals surface area (Å²) >= 11 is 1.89. The summed E-state index contributed by atoms with van der Waals surface area (Å²) in [4.78, 5) is 11.9. The Bertz CT molecular complexity index is 375. The molecule has 114 valence electrons. The zero-order valence-electron chi connectivity index (χ0n) is 12.2. The molecule has 0 radical (unpaired) electrons. The Morgan fingerprint density at radius 2 is 2.00 bits per heavy atom. The average molecular weight is 317 g/mol. The summed E-state index contributed by atoms with van der Waals surface area (Å²) in [7, 11) is 0. The molecule has 1 aromatic carbocycles. The van der Waals surface area contributed by atoms with Crippen LogP contribution < -0.4 is 11.1 Å². The Labute approximate surface area is 132 Å². The van der Waals surface area contributed by atoms with Crippen molar-refractivity contribution in [1.82, 2.24) is 5.32 Å². The molecule has 0 saturated heterocycles. The highest BCUT2D eigenvalue weighted by molar-refractivity contribution is 7.99. The normalized spacial score (nSPS) is 13.2.